The van der Waals surface area contributed by atoms with Gasteiger partial charge in [-0.15, -0.1) is 0 Å². The molecular weight excluding hydrogens is 230 g/mol. The van der Waals surface area contributed by atoms with Gasteiger partial charge in [0.2, 0.25) is 0 Å². The summed E-state index contributed by atoms with van der Waals surface area (Å²) in [5.41, 5.74) is 3.21. The number of hydrogen-bond donors (Lipinski definition) is 0. The monoisotopic (exact) mass is 257 g/mol. The van der Waals surface area contributed by atoms with E-state index in [1.54, 1.807) is 0 Å². The Kier molecular flexibility index (Phi) is 4.44. The van der Waals surface area contributed by atoms with E-state index in [9.17, 15) is 0 Å². The molecule has 1 saturated carbocycles. The van der Waals surface area contributed by atoms with Crippen molar-refractivity contribution in [2.75, 3.05) is 0 Å². The van der Waals surface area contributed by atoms with Gasteiger partial charge in [-0.05, 0) is 49.5 Å². The molecule has 1 atom stereocenters. The first-order chi connectivity index (χ1) is 8.97. The average molecular weight is 257 g/mol. The second-order valence-corrected chi connectivity index (χ2v) is 6.92. The van der Waals surface area contributed by atoms with Crippen LogP contribution in [0.2, 0.25) is 0 Å². The predicted molar refractivity (Wildman–Crippen MR) is 83.7 cm³/mol. The van der Waals surface area contributed by atoms with Gasteiger partial charge in [0, 0.05) is 5.71 Å². The van der Waals surface area contributed by atoms with Crippen molar-refractivity contribution in [3.8, 4) is 0 Å². The number of hydrogen-bond acceptors (Lipinski definition) is 1. The minimum absolute atomic E-state index is 0.308. The summed E-state index contributed by atoms with van der Waals surface area (Å²) < 4.78 is 0. The van der Waals surface area contributed by atoms with Gasteiger partial charge in [-0.3, -0.25) is 4.99 Å². The molecule has 2 rings (SSSR count). The van der Waals surface area contributed by atoms with Crippen LogP contribution in [0, 0.1) is 11.3 Å². The highest BCUT2D eigenvalue weighted by atomic mass is 14.8. The Labute approximate surface area is 118 Å². The number of rotatable bonds is 2. The third kappa shape index (κ3) is 3.92. The van der Waals surface area contributed by atoms with Crippen molar-refractivity contribution >= 4 is 5.71 Å². The van der Waals surface area contributed by atoms with E-state index in [1.807, 2.05) is 0 Å². The van der Waals surface area contributed by atoms with Crippen LogP contribution in [-0.4, -0.2) is 5.71 Å². The van der Waals surface area contributed by atoms with Crippen LogP contribution in [0.3, 0.4) is 0 Å². The minimum atomic E-state index is 0.308. The predicted octanol–water partition coefficient (Wildman–Crippen LogP) is 5.42. The maximum absolute atomic E-state index is 4.94. The van der Waals surface area contributed by atoms with Crippen LogP contribution in [0.1, 0.15) is 65.0 Å². The van der Waals surface area contributed by atoms with Crippen LogP contribution >= 0.6 is 0 Å². The maximum Gasteiger partial charge on any atom is 0.0720 e. The van der Waals surface area contributed by atoms with Crippen LogP contribution in [-0.2, 0) is 0 Å². The van der Waals surface area contributed by atoms with Gasteiger partial charge in [0.15, 0.2) is 0 Å². The van der Waals surface area contributed by atoms with Gasteiger partial charge in [-0.2, -0.15) is 0 Å². The highest BCUT2D eigenvalue weighted by Crippen LogP contribution is 2.37. The maximum atomic E-state index is 4.94. The van der Waals surface area contributed by atoms with Crippen LogP contribution < -0.4 is 0 Å². The van der Waals surface area contributed by atoms with Crippen molar-refractivity contribution < 1.29 is 0 Å². The fraction of sp³-hybridized carbons (Fsp3) is 0.611. The molecule has 1 aromatic carbocycles. The molecule has 104 valence electrons. The molecular formula is C18H27N. The average Bonchev–Trinajstić information content (AvgIpc) is 2.39. The van der Waals surface area contributed by atoms with E-state index in [2.05, 4.69) is 58.0 Å². The molecule has 1 aliphatic carbocycles. The Morgan fingerprint density at radius 3 is 2.16 bits per heavy atom. The molecule has 1 aliphatic rings. The van der Waals surface area contributed by atoms with Crippen LogP contribution in [0.25, 0.3) is 0 Å². The zero-order chi connectivity index (χ0) is 13.9. The van der Waals surface area contributed by atoms with Crippen LogP contribution in [0.15, 0.2) is 35.3 Å². The van der Waals surface area contributed by atoms with Gasteiger partial charge in [0.25, 0.3) is 0 Å². The molecule has 0 amide bonds. The smallest absolute Gasteiger partial charge is 0.0720 e. The summed E-state index contributed by atoms with van der Waals surface area (Å²) in [6.45, 7) is 9.31. The molecule has 0 heterocycles. The summed E-state index contributed by atoms with van der Waals surface area (Å²) in [7, 11) is 0. The zero-order valence-electron chi connectivity index (χ0n) is 12.8. The highest BCUT2D eigenvalue weighted by molar-refractivity contribution is 5.85. The van der Waals surface area contributed by atoms with E-state index >= 15 is 0 Å². The van der Waals surface area contributed by atoms with Crippen molar-refractivity contribution in [1.82, 2.24) is 0 Å². The quantitative estimate of drug-likeness (QED) is 0.670. The molecule has 0 radical (unpaired) electrons. The molecule has 1 unspecified atom stereocenters. The summed E-state index contributed by atoms with van der Waals surface area (Å²) in [4.78, 5) is 4.94. The lowest BCUT2D eigenvalue weighted by molar-refractivity contribution is 0.208. The van der Waals surface area contributed by atoms with E-state index in [0.29, 0.717) is 11.5 Å². The first-order valence-corrected chi connectivity index (χ1v) is 7.57. The molecule has 0 bridgehead atoms. The molecule has 1 heteroatoms. The van der Waals surface area contributed by atoms with Gasteiger partial charge >= 0.3 is 0 Å². The Morgan fingerprint density at radius 2 is 1.63 bits per heavy atom. The lowest BCUT2D eigenvalue weighted by Crippen LogP contribution is -2.26. The Hall–Kier alpha value is -1.11. The van der Waals surface area contributed by atoms with Crippen molar-refractivity contribution in [2.24, 2.45) is 16.3 Å². The number of nitrogens with zero attached hydrogens (tertiary/aromatic N) is 1. The third-order valence-corrected chi connectivity index (χ3v) is 4.45. The fourth-order valence-electron chi connectivity index (χ4n) is 3.03. The summed E-state index contributed by atoms with van der Waals surface area (Å²) in [5.74, 6) is 0.860. The molecule has 0 N–H and O–H groups in total. The molecule has 1 fully saturated rings. The van der Waals surface area contributed by atoms with Crippen molar-refractivity contribution in [3.63, 3.8) is 0 Å². The van der Waals surface area contributed by atoms with Crippen molar-refractivity contribution in [2.45, 2.75) is 59.4 Å². The third-order valence-electron chi connectivity index (χ3n) is 4.45. The molecule has 0 saturated heterocycles. The lowest BCUT2D eigenvalue weighted by Gasteiger charge is -2.34. The SMILES string of the molecule is CC(N=C1CCC(C(C)(C)C)CC1)c1ccccc1. The van der Waals surface area contributed by atoms with Gasteiger partial charge < -0.3 is 0 Å². The molecule has 1 nitrogen and oxygen atoms in total. The molecule has 0 spiro atoms. The van der Waals surface area contributed by atoms with E-state index in [1.165, 1.54) is 37.0 Å². The number of benzene rings is 1. The second kappa shape index (κ2) is 5.90. The summed E-state index contributed by atoms with van der Waals surface area (Å²) in [6.07, 6.45) is 5.01. The second-order valence-electron chi connectivity index (χ2n) is 6.92. The minimum Gasteiger partial charge on any atom is -0.286 e. The summed E-state index contributed by atoms with van der Waals surface area (Å²) in [6, 6.07) is 10.9. The van der Waals surface area contributed by atoms with Gasteiger partial charge in [-0.25, -0.2) is 0 Å². The normalized spacial score (nSPS) is 22.1. The standard InChI is InChI=1S/C18H27N/c1-14(15-8-6-5-7-9-15)19-17-12-10-16(11-13-17)18(2,3)4/h5-9,14,16H,10-13H2,1-4H3. The van der Waals surface area contributed by atoms with E-state index in [4.69, 9.17) is 4.99 Å². The molecule has 0 aromatic heterocycles. The van der Waals surface area contributed by atoms with Gasteiger partial charge in [-0.1, -0.05) is 51.1 Å². The van der Waals surface area contributed by atoms with E-state index in [0.717, 1.165) is 5.92 Å². The van der Waals surface area contributed by atoms with Crippen molar-refractivity contribution in [1.29, 1.82) is 0 Å². The largest absolute Gasteiger partial charge is 0.286 e. The Morgan fingerprint density at radius 1 is 1.05 bits per heavy atom. The molecule has 0 aliphatic heterocycles. The van der Waals surface area contributed by atoms with Gasteiger partial charge in [0.1, 0.15) is 0 Å². The molecule has 19 heavy (non-hydrogen) atoms. The van der Waals surface area contributed by atoms with E-state index in [-0.39, 0.29) is 0 Å². The van der Waals surface area contributed by atoms with E-state index < -0.39 is 0 Å². The van der Waals surface area contributed by atoms with Crippen LogP contribution in [0.5, 0.6) is 0 Å². The topological polar surface area (TPSA) is 12.4 Å². The van der Waals surface area contributed by atoms with Crippen molar-refractivity contribution in [3.05, 3.63) is 35.9 Å². The summed E-state index contributed by atoms with van der Waals surface area (Å²) >= 11 is 0. The lowest BCUT2D eigenvalue weighted by atomic mass is 9.72. The zero-order valence-corrected chi connectivity index (χ0v) is 12.8. The van der Waals surface area contributed by atoms with Gasteiger partial charge in [0.05, 0.1) is 6.04 Å². The highest BCUT2D eigenvalue weighted by Gasteiger charge is 2.28. The molecule has 1 aromatic rings. The number of aliphatic imine (C=N–C) groups is 1. The Bertz CT molecular complexity index is 415. The fourth-order valence-corrected chi connectivity index (χ4v) is 3.03. The first-order valence-electron chi connectivity index (χ1n) is 7.57. The summed E-state index contributed by atoms with van der Waals surface area (Å²) in [5, 5.41) is 0. The first kappa shape index (κ1) is 14.3. The Balaban J connectivity index is 1.96. The van der Waals surface area contributed by atoms with Crippen LogP contribution in [0.4, 0.5) is 0 Å².